The Hall–Kier alpha value is -2.04. The van der Waals surface area contributed by atoms with Crippen molar-refractivity contribution >= 4 is 11.9 Å². The smallest absolute Gasteiger partial charge is 0.224 e. The van der Waals surface area contributed by atoms with Crippen molar-refractivity contribution in [3.05, 3.63) is 29.8 Å². The van der Waals surface area contributed by atoms with Crippen molar-refractivity contribution in [2.45, 2.75) is 26.2 Å². The lowest BCUT2D eigenvalue weighted by Gasteiger charge is -2.07. The maximum Gasteiger partial charge on any atom is 0.224 e. The largest absolute Gasteiger partial charge is 0.548 e. The average Bonchev–Trinajstić information content (AvgIpc) is 2.39. The molecule has 0 bridgehead atoms. The number of ether oxygens (including phenoxy) is 1. The molecule has 1 amide bonds. The molecule has 1 aromatic rings. The molecule has 1 N–H and O–H groups in total. The van der Waals surface area contributed by atoms with E-state index in [1.807, 2.05) is 0 Å². The number of carboxylic acids is 1. The molecule has 0 atom stereocenters. The van der Waals surface area contributed by atoms with E-state index in [0.717, 1.165) is 24.2 Å². The second-order valence-electron chi connectivity index (χ2n) is 4.17. The van der Waals surface area contributed by atoms with E-state index in [9.17, 15) is 14.7 Å². The Morgan fingerprint density at radius 3 is 2.53 bits per heavy atom. The normalized spacial score (nSPS) is 9.95. The van der Waals surface area contributed by atoms with Crippen molar-refractivity contribution in [2.75, 3.05) is 13.2 Å². The summed E-state index contributed by atoms with van der Waals surface area (Å²) in [7, 11) is 0. The van der Waals surface area contributed by atoms with Crippen molar-refractivity contribution in [3.8, 4) is 5.75 Å². The predicted octanol–water partition coefficient (Wildman–Crippen LogP) is 0.274. The van der Waals surface area contributed by atoms with Gasteiger partial charge in [0.2, 0.25) is 5.91 Å². The Kier molecular flexibility index (Phi) is 6.43. The van der Waals surface area contributed by atoms with E-state index in [-0.39, 0.29) is 12.3 Å². The number of nitrogens with one attached hydrogen (secondary N) is 1. The Morgan fingerprint density at radius 2 is 1.95 bits per heavy atom. The van der Waals surface area contributed by atoms with Gasteiger partial charge in [0, 0.05) is 0 Å². The van der Waals surface area contributed by atoms with E-state index >= 15 is 0 Å². The van der Waals surface area contributed by atoms with Gasteiger partial charge in [-0.2, -0.15) is 0 Å². The maximum atomic E-state index is 11.4. The third-order valence-electron chi connectivity index (χ3n) is 2.48. The van der Waals surface area contributed by atoms with E-state index in [0.29, 0.717) is 6.61 Å². The second-order valence-corrected chi connectivity index (χ2v) is 4.17. The van der Waals surface area contributed by atoms with Gasteiger partial charge >= 0.3 is 0 Å². The van der Waals surface area contributed by atoms with E-state index in [4.69, 9.17) is 4.74 Å². The number of carboxylic acid groups (broad SMARTS) is 1. The standard InChI is InChI=1S/C14H19NO4/c1-2-3-8-19-12-6-4-11(5-7-12)9-13(16)15-10-14(17)18/h4-7H,2-3,8-10H2,1H3,(H,15,16)(H,17,18)/p-1. The molecule has 0 aliphatic heterocycles. The van der Waals surface area contributed by atoms with Crippen LogP contribution in [0.2, 0.25) is 0 Å². The van der Waals surface area contributed by atoms with Gasteiger partial charge in [-0.1, -0.05) is 25.5 Å². The zero-order valence-corrected chi connectivity index (χ0v) is 11.0. The molecule has 5 heteroatoms. The summed E-state index contributed by atoms with van der Waals surface area (Å²) in [5.74, 6) is -0.871. The first kappa shape index (κ1) is 15.0. The molecule has 1 rings (SSSR count). The van der Waals surface area contributed by atoms with Crippen LogP contribution in [0.4, 0.5) is 0 Å². The molecule has 0 saturated heterocycles. The molecule has 104 valence electrons. The Labute approximate surface area is 112 Å². The van der Waals surface area contributed by atoms with Crippen molar-refractivity contribution in [3.63, 3.8) is 0 Å². The van der Waals surface area contributed by atoms with E-state index in [1.165, 1.54) is 0 Å². The zero-order valence-electron chi connectivity index (χ0n) is 11.0. The number of carbonyl (C=O) groups is 2. The van der Waals surface area contributed by atoms with Crippen LogP contribution in [0.1, 0.15) is 25.3 Å². The molecule has 0 saturated carbocycles. The van der Waals surface area contributed by atoms with Crippen LogP contribution in [-0.4, -0.2) is 25.0 Å². The molecule has 0 fully saturated rings. The first-order valence-corrected chi connectivity index (χ1v) is 6.30. The summed E-state index contributed by atoms with van der Waals surface area (Å²) < 4.78 is 5.50. The molecule has 1 aromatic carbocycles. The fourth-order valence-corrected chi connectivity index (χ4v) is 1.46. The number of amides is 1. The number of rotatable bonds is 8. The van der Waals surface area contributed by atoms with Gasteiger partial charge in [0.1, 0.15) is 5.75 Å². The number of aliphatic carboxylic acids is 1. The van der Waals surface area contributed by atoms with Gasteiger partial charge in [0.15, 0.2) is 0 Å². The highest BCUT2D eigenvalue weighted by atomic mass is 16.5. The molecule has 0 unspecified atom stereocenters. The van der Waals surface area contributed by atoms with E-state index < -0.39 is 12.5 Å². The fraction of sp³-hybridized carbons (Fsp3) is 0.429. The number of hydrogen-bond donors (Lipinski definition) is 1. The van der Waals surface area contributed by atoms with Gasteiger partial charge in [0.05, 0.1) is 25.5 Å². The van der Waals surface area contributed by atoms with Gasteiger partial charge in [-0.3, -0.25) is 4.79 Å². The number of unbranched alkanes of at least 4 members (excludes halogenated alkanes) is 1. The van der Waals surface area contributed by atoms with Crippen LogP contribution in [0.5, 0.6) is 5.75 Å². The molecule has 0 radical (unpaired) electrons. The van der Waals surface area contributed by atoms with Crippen LogP contribution in [-0.2, 0) is 16.0 Å². The third kappa shape index (κ3) is 6.45. The van der Waals surface area contributed by atoms with Crippen LogP contribution in [0.25, 0.3) is 0 Å². The quantitative estimate of drug-likeness (QED) is 0.684. The van der Waals surface area contributed by atoms with E-state index in [1.54, 1.807) is 24.3 Å². The summed E-state index contributed by atoms with van der Waals surface area (Å²) >= 11 is 0. The van der Waals surface area contributed by atoms with Crippen LogP contribution < -0.4 is 15.2 Å². The fourth-order valence-electron chi connectivity index (χ4n) is 1.46. The number of carbonyl (C=O) groups excluding carboxylic acids is 2. The first-order valence-electron chi connectivity index (χ1n) is 6.30. The minimum atomic E-state index is -1.30. The predicted molar refractivity (Wildman–Crippen MR) is 68.6 cm³/mol. The highest BCUT2D eigenvalue weighted by molar-refractivity contribution is 5.82. The first-order chi connectivity index (χ1) is 9.11. The summed E-state index contributed by atoms with van der Waals surface area (Å²) in [5.41, 5.74) is 0.804. The number of hydrogen-bond acceptors (Lipinski definition) is 4. The zero-order chi connectivity index (χ0) is 14.1. The van der Waals surface area contributed by atoms with Crippen LogP contribution >= 0.6 is 0 Å². The van der Waals surface area contributed by atoms with Crippen molar-refractivity contribution < 1.29 is 19.4 Å². The topological polar surface area (TPSA) is 78.5 Å². The van der Waals surface area contributed by atoms with Gasteiger partial charge in [-0.25, -0.2) is 0 Å². The van der Waals surface area contributed by atoms with Gasteiger partial charge in [-0.05, 0) is 24.1 Å². The summed E-state index contributed by atoms with van der Waals surface area (Å²) in [4.78, 5) is 21.6. The Balaban J connectivity index is 2.39. The highest BCUT2D eigenvalue weighted by Gasteiger charge is 2.03. The van der Waals surface area contributed by atoms with Gasteiger partial charge in [-0.15, -0.1) is 0 Å². The summed E-state index contributed by atoms with van der Waals surface area (Å²) in [6.07, 6.45) is 2.23. The summed E-state index contributed by atoms with van der Waals surface area (Å²) in [5, 5.41) is 12.4. The van der Waals surface area contributed by atoms with Crippen molar-refractivity contribution in [1.82, 2.24) is 5.32 Å². The second kappa shape index (κ2) is 8.13. The summed E-state index contributed by atoms with van der Waals surface area (Å²) in [6.45, 7) is 2.32. The number of benzene rings is 1. The average molecular weight is 264 g/mol. The molecule has 19 heavy (non-hydrogen) atoms. The molecule has 0 aromatic heterocycles. The Morgan fingerprint density at radius 1 is 1.26 bits per heavy atom. The lowest BCUT2D eigenvalue weighted by atomic mass is 10.1. The third-order valence-corrected chi connectivity index (χ3v) is 2.48. The van der Waals surface area contributed by atoms with Crippen LogP contribution in [0.15, 0.2) is 24.3 Å². The van der Waals surface area contributed by atoms with E-state index in [2.05, 4.69) is 12.2 Å². The minimum absolute atomic E-state index is 0.141. The van der Waals surface area contributed by atoms with Gasteiger partial charge < -0.3 is 20.0 Å². The molecule has 0 aliphatic carbocycles. The van der Waals surface area contributed by atoms with Crippen molar-refractivity contribution in [1.29, 1.82) is 0 Å². The SMILES string of the molecule is CCCCOc1ccc(CC(=O)NCC(=O)[O-])cc1. The molecular formula is C14H18NO4-. The Bertz CT molecular complexity index is 414. The van der Waals surface area contributed by atoms with Crippen LogP contribution in [0, 0.1) is 0 Å². The molecule has 0 aliphatic rings. The monoisotopic (exact) mass is 264 g/mol. The molecule has 0 heterocycles. The van der Waals surface area contributed by atoms with Gasteiger partial charge in [0.25, 0.3) is 0 Å². The van der Waals surface area contributed by atoms with Crippen LogP contribution in [0.3, 0.4) is 0 Å². The maximum absolute atomic E-state index is 11.4. The highest BCUT2D eigenvalue weighted by Crippen LogP contribution is 2.13. The lowest BCUT2D eigenvalue weighted by molar-refractivity contribution is -0.304. The minimum Gasteiger partial charge on any atom is -0.548 e. The molecule has 5 nitrogen and oxygen atoms in total. The van der Waals surface area contributed by atoms with Crippen molar-refractivity contribution in [2.24, 2.45) is 0 Å². The summed E-state index contributed by atoms with van der Waals surface area (Å²) in [6, 6.07) is 7.19. The lowest BCUT2D eigenvalue weighted by Crippen LogP contribution is -2.38. The molecule has 0 spiro atoms. The molecular weight excluding hydrogens is 246 g/mol.